The van der Waals surface area contributed by atoms with Crippen LogP contribution in [0.1, 0.15) is 40.0 Å². The third kappa shape index (κ3) is 3.64. The van der Waals surface area contributed by atoms with Gasteiger partial charge in [-0.25, -0.2) is 9.18 Å². The summed E-state index contributed by atoms with van der Waals surface area (Å²) in [4.78, 5) is 38.9. The van der Waals surface area contributed by atoms with Crippen LogP contribution in [0.5, 0.6) is 0 Å². The first kappa shape index (κ1) is 17.7. The number of carboxylic acid groups (broad SMARTS) is 1. The molecule has 2 unspecified atom stereocenters. The molecular weight excluding hydrogens is 303 g/mol. The van der Waals surface area contributed by atoms with E-state index in [0.717, 1.165) is 6.42 Å². The summed E-state index contributed by atoms with van der Waals surface area (Å²) in [5.41, 5.74) is -2.85. The number of alkyl halides is 1. The Kier molecular flexibility index (Phi) is 4.69. The molecule has 2 heterocycles. The van der Waals surface area contributed by atoms with Crippen molar-refractivity contribution in [1.29, 1.82) is 0 Å². The fourth-order valence-corrected chi connectivity index (χ4v) is 3.23. The summed E-state index contributed by atoms with van der Waals surface area (Å²) in [5, 5.41) is 8.92. The third-order valence-electron chi connectivity index (χ3n) is 4.61. The highest BCUT2D eigenvalue weighted by atomic mass is 19.1. The second-order valence-electron chi connectivity index (χ2n) is 7.62. The predicted octanol–water partition coefficient (Wildman–Crippen LogP) is 1.30. The van der Waals surface area contributed by atoms with Gasteiger partial charge in [0.15, 0.2) is 0 Å². The lowest BCUT2D eigenvalue weighted by Gasteiger charge is -2.37. The summed E-state index contributed by atoms with van der Waals surface area (Å²) >= 11 is 0. The van der Waals surface area contributed by atoms with Crippen molar-refractivity contribution in [2.24, 2.45) is 11.3 Å². The summed E-state index contributed by atoms with van der Waals surface area (Å²) in [6.45, 7) is 6.19. The molecule has 2 rings (SSSR count). The van der Waals surface area contributed by atoms with E-state index >= 15 is 0 Å². The van der Waals surface area contributed by atoms with Gasteiger partial charge in [-0.3, -0.25) is 9.59 Å². The van der Waals surface area contributed by atoms with Crippen molar-refractivity contribution < 1.29 is 23.9 Å². The van der Waals surface area contributed by atoms with Crippen LogP contribution >= 0.6 is 0 Å². The van der Waals surface area contributed by atoms with Gasteiger partial charge in [0, 0.05) is 31.5 Å². The lowest BCUT2D eigenvalue weighted by molar-refractivity contribution is -0.150. The number of aliphatic carboxylic acids is 1. The molecule has 0 aromatic rings. The summed E-state index contributed by atoms with van der Waals surface area (Å²) in [6.07, 6.45) is 1.20. The van der Waals surface area contributed by atoms with E-state index in [4.69, 9.17) is 5.11 Å². The number of carbonyl (C=O) groups excluding carboxylic acids is 2. The Bertz CT molecular complexity index is 517. The molecule has 2 amide bonds. The summed E-state index contributed by atoms with van der Waals surface area (Å²) in [6, 6.07) is 0. The Morgan fingerprint density at radius 2 is 1.83 bits per heavy atom. The Hall–Kier alpha value is -1.66. The average Bonchev–Trinajstić information content (AvgIpc) is 2.89. The molecule has 0 aromatic carbocycles. The number of carbonyl (C=O) groups is 3. The molecule has 7 heteroatoms. The first-order valence-electron chi connectivity index (χ1n) is 8.05. The number of hydrogen-bond donors (Lipinski definition) is 1. The SMILES string of the molecule is CC(C)(C)C(=O)N1CCCC(C(=O)N2CCC(F)(C(=O)O)C2)C1. The number of carboxylic acids is 1. The molecule has 0 aromatic heterocycles. The van der Waals surface area contributed by atoms with E-state index in [1.807, 2.05) is 20.8 Å². The number of halogens is 1. The molecular formula is C16H25FN2O4. The molecule has 2 aliphatic rings. The zero-order valence-corrected chi connectivity index (χ0v) is 14.0. The monoisotopic (exact) mass is 328 g/mol. The number of rotatable bonds is 2. The fourth-order valence-electron chi connectivity index (χ4n) is 3.23. The van der Waals surface area contributed by atoms with Gasteiger partial charge in [0.05, 0.1) is 12.5 Å². The van der Waals surface area contributed by atoms with Crippen LogP contribution in [0.2, 0.25) is 0 Å². The van der Waals surface area contributed by atoms with Gasteiger partial charge < -0.3 is 14.9 Å². The topological polar surface area (TPSA) is 77.9 Å². The van der Waals surface area contributed by atoms with Crippen molar-refractivity contribution in [2.75, 3.05) is 26.2 Å². The number of piperidine rings is 1. The van der Waals surface area contributed by atoms with Crippen LogP contribution in [0.4, 0.5) is 4.39 Å². The van der Waals surface area contributed by atoms with Crippen molar-refractivity contribution >= 4 is 17.8 Å². The van der Waals surface area contributed by atoms with Gasteiger partial charge in [0.2, 0.25) is 17.5 Å². The van der Waals surface area contributed by atoms with Gasteiger partial charge in [-0.1, -0.05) is 20.8 Å². The van der Waals surface area contributed by atoms with E-state index in [1.54, 1.807) is 4.90 Å². The zero-order valence-electron chi connectivity index (χ0n) is 14.0. The van der Waals surface area contributed by atoms with Crippen molar-refractivity contribution in [3.8, 4) is 0 Å². The highest BCUT2D eigenvalue weighted by molar-refractivity contribution is 5.85. The highest BCUT2D eigenvalue weighted by Gasteiger charge is 2.48. The maximum atomic E-state index is 14.1. The summed E-state index contributed by atoms with van der Waals surface area (Å²) < 4.78 is 14.1. The lowest BCUT2D eigenvalue weighted by atomic mass is 9.90. The fraction of sp³-hybridized carbons (Fsp3) is 0.812. The Morgan fingerprint density at radius 1 is 1.17 bits per heavy atom. The Balaban J connectivity index is 2.01. The molecule has 130 valence electrons. The van der Waals surface area contributed by atoms with E-state index in [-0.39, 0.29) is 30.7 Å². The van der Waals surface area contributed by atoms with E-state index in [2.05, 4.69) is 0 Å². The van der Waals surface area contributed by atoms with Crippen LogP contribution in [0.15, 0.2) is 0 Å². The Labute approximate surface area is 135 Å². The number of hydrogen-bond acceptors (Lipinski definition) is 3. The molecule has 2 saturated heterocycles. The minimum absolute atomic E-state index is 0.00166. The minimum atomic E-state index is -2.34. The van der Waals surface area contributed by atoms with Gasteiger partial charge in [-0.15, -0.1) is 0 Å². The molecule has 2 fully saturated rings. The second-order valence-corrected chi connectivity index (χ2v) is 7.62. The van der Waals surface area contributed by atoms with Crippen molar-refractivity contribution in [2.45, 2.75) is 45.7 Å². The molecule has 6 nitrogen and oxygen atoms in total. The molecule has 0 aliphatic carbocycles. The van der Waals surface area contributed by atoms with E-state index < -0.39 is 23.6 Å². The third-order valence-corrected chi connectivity index (χ3v) is 4.61. The number of amides is 2. The molecule has 0 spiro atoms. The molecule has 1 N–H and O–H groups in total. The molecule has 0 radical (unpaired) electrons. The highest BCUT2D eigenvalue weighted by Crippen LogP contribution is 2.30. The number of likely N-dealkylation sites (tertiary alicyclic amines) is 2. The first-order chi connectivity index (χ1) is 10.5. The number of nitrogens with zero attached hydrogens (tertiary/aromatic N) is 2. The van der Waals surface area contributed by atoms with Crippen LogP contribution in [0.3, 0.4) is 0 Å². The van der Waals surface area contributed by atoms with Crippen LogP contribution in [0, 0.1) is 11.3 Å². The van der Waals surface area contributed by atoms with Gasteiger partial charge in [-0.2, -0.15) is 0 Å². The lowest BCUT2D eigenvalue weighted by Crippen LogP contribution is -2.49. The van der Waals surface area contributed by atoms with Crippen molar-refractivity contribution in [1.82, 2.24) is 9.80 Å². The van der Waals surface area contributed by atoms with E-state index in [0.29, 0.717) is 19.5 Å². The van der Waals surface area contributed by atoms with Crippen LogP contribution < -0.4 is 0 Å². The molecule has 23 heavy (non-hydrogen) atoms. The maximum Gasteiger partial charge on any atom is 0.343 e. The van der Waals surface area contributed by atoms with Crippen LogP contribution in [-0.2, 0) is 14.4 Å². The largest absolute Gasteiger partial charge is 0.479 e. The van der Waals surface area contributed by atoms with E-state index in [9.17, 15) is 18.8 Å². The molecule has 0 saturated carbocycles. The smallest absolute Gasteiger partial charge is 0.343 e. The quantitative estimate of drug-likeness (QED) is 0.829. The minimum Gasteiger partial charge on any atom is -0.479 e. The zero-order chi connectivity index (χ0) is 17.4. The van der Waals surface area contributed by atoms with Gasteiger partial charge in [-0.05, 0) is 12.8 Å². The van der Waals surface area contributed by atoms with Gasteiger partial charge in [0.25, 0.3) is 0 Å². The second kappa shape index (κ2) is 6.09. The van der Waals surface area contributed by atoms with Crippen LogP contribution in [0.25, 0.3) is 0 Å². The first-order valence-corrected chi connectivity index (χ1v) is 8.05. The van der Waals surface area contributed by atoms with Crippen molar-refractivity contribution in [3.63, 3.8) is 0 Å². The van der Waals surface area contributed by atoms with Gasteiger partial charge >= 0.3 is 5.97 Å². The normalized spacial score (nSPS) is 28.8. The van der Waals surface area contributed by atoms with Crippen molar-refractivity contribution in [3.05, 3.63) is 0 Å². The van der Waals surface area contributed by atoms with E-state index in [1.165, 1.54) is 4.90 Å². The molecule has 2 atom stereocenters. The Morgan fingerprint density at radius 3 is 2.35 bits per heavy atom. The average molecular weight is 328 g/mol. The summed E-state index contributed by atoms with van der Waals surface area (Å²) in [7, 11) is 0. The summed E-state index contributed by atoms with van der Waals surface area (Å²) in [5.74, 6) is -2.12. The predicted molar refractivity (Wildman–Crippen MR) is 81.4 cm³/mol. The molecule has 2 aliphatic heterocycles. The standard InChI is InChI=1S/C16H25FN2O4/c1-15(2,3)13(21)18-7-4-5-11(9-18)12(20)19-8-6-16(17,10-19)14(22)23/h11H,4-10H2,1-3H3,(H,22,23). The van der Waals surface area contributed by atoms with Crippen LogP contribution in [-0.4, -0.2) is 64.5 Å². The molecule has 0 bridgehead atoms. The van der Waals surface area contributed by atoms with Gasteiger partial charge in [0.1, 0.15) is 0 Å². The maximum absolute atomic E-state index is 14.1.